The van der Waals surface area contributed by atoms with E-state index in [-0.39, 0.29) is 18.9 Å². The first-order valence-electron chi connectivity index (χ1n) is 14.3. The monoisotopic (exact) mass is 729 g/mol. The maximum atomic E-state index is 14.3. The van der Waals surface area contributed by atoms with Crippen molar-refractivity contribution in [1.82, 2.24) is 10.9 Å². The van der Waals surface area contributed by atoms with E-state index < -0.39 is 11.6 Å². The molecule has 4 aromatic carbocycles. The third-order valence-corrected chi connectivity index (χ3v) is 8.66. The molecule has 1 aliphatic rings. The molecule has 0 radical (unpaired) electrons. The minimum Gasteiger partial charge on any atom is -0.494 e. The number of hydrogen-bond acceptors (Lipinski definition) is 6. The van der Waals surface area contributed by atoms with E-state index in [1.165, 1.54) is 0 Å². The number of hydrazine groups is 1. The van der Waals surface area contributed by atoms with Crippen LogP contribution in [0.15, 0.2) is 100 Å². The van der Waals surface area contributed by atoms with Crippen molar-refractivity contribution in [2.24, 2.45) is 4.99 Å². The molecular weight excluding hydrogens is 701 g/mol. The summed E-state index contributed by atoms with van der Waals surface area (Å²) < 4.78 is 13.2. The third-order valence-electron chi connectivity index (χ3n) is 7.32. The fourth-order valence-electron chi connectivity index (χ4n) is 5.00. The topological polar surface area (TPSA) is 92.2 Å². The van der Waals surface area contributed by atoms with Crippen LogP contribution in [0, 0.1) is 0 Å². The Labute approximate surface area is 285 Å². The zero-order chi connectivity index (χ0) is 31.8. The molecule has 0 aromatic heterocycles. The van der Waals surface area contributed by atoms with Gasteiger partial charge in [-0.25, -0.2) is 10.4 Å². The summed E-state index contributed by atoms with van der Waals surface area (Å²) in [5.41, 5.74) is 7.73. The molecule has 0 fully saturated rings. The summed E-state index contributed by atoms with van der Waals surface area (Å²) in [7, 11) is 0. The van der Waals surface area contributed by atoms with Crippen molar-refractivity contribution in [1.29, 1.82) is 0 Å². The second-order valence-corrected chi connectivity index (χ2v) is 12.7. The predicted molar refractivity (Wildman–Crippen MR) is 182 cm³/mol. The van der Waals surface area contributed by atoms with E-state index >= 15 is 0 Å². The lowest BCUT2D eigenvalue weighted by molar-refractivity contribution is -0.130. The average molecular weight is 732 g/mol. The van der Waals surface area contributed by atoms with E-state index in [1.807, 2.05) is 60.7 Å². The van der Waals surface area contributed by atoms with Gasteiger partial charge in [0.25, 0.3) is 5.91 Å². The van der Waals surface area contributed by atoms with E-state index in [0.717, 1.165) is 15.6 Å². The predicted octanol–water partition coefficient (Wildman–Crippen LogP) is 7.53. The molecule has 0 bridgehead atoms. The highest BCUT2D eigenvalue weighted by Crippen LogP contribution is 2.45. The van der Waals surface area contributed by atoms with Gasteiger partial charge in [-0.1, -0.05) is 81.1 Å². The molecule has 234 valence electrons. The van der Waals surface area contributed by atoms with E-state index in [4.69, 9.17) is 54.4 Å². The second-order valence-electron chi connectivity index (χ2n) is 10.5. The molecule has 0 saturated carbocycles. The van der Waals surface area contributed by atoms with Crippen molar-refractivity contribution in [3.63, 3.8) is 0 Å². The third kappa shape index (κ3) is 8.38. The summed E-state index contributed by atoms with van der Waals surface area (Å²) in [5.74, 6) is 0.560. The molecule has 45 heavy (non-hydrogen) atoms. The highest BCUT2D eigenvalue weighted by Gasteiger charge is 2.54. The van der Waals surface area contributed by atoms with E-state index in [1.54, 1.807) is 30.3 Å². The minimum atomic E-state index is -1.44. The number of aliphatic imine (C=N–C) groups is 1. The largest absolute Gasteiger partial charge is 0.494 e. The summed E-state index contributed by atoms with van der Waals surface area (Å²) in [5, 5.41) is 10.5. The normalized spacial score (nSPS) is 17.4. The molecule has 4 aromatic rings. The maximum Gasteiger partial charge on any atom is 0.266 e. The van der Waals surface area contributed by atoms with Crippen molar-refractivity contribution in [2.75, 3.05) is 19.8 Å². The Morgan fingerprint density at radius 2 is 1.62 bits per heavy atom. The summed E-state index contributed by atoms with van der Waals surface area (Å²) in [6.07, 6.45) is 0.545. The van der Waals surface area contributed by atoms with Crippen LogP contribution in [0.5, 0.6) is 5.75 Å². The molecule has 0 unspecified atom stereocenters. The van der Waals surface area contributed by atoms with Gasteiger partial charge in [0.15, 0.2) is 11.6 Å². The molecule has 1 aliphatic heterocycles. The van der Waals surface area contributed by atoms with Crippen molar-refractivity contribution >= 4 is 62.5 Å². The number of rotatable bonds is 13. The number of nitrogens with zero attached hydrogens (tertiary/aromatic N) is 1. The summed E-state index contributed by atoms with van der Waals surface area (Å²) in [4.78, 5) is 19.4. The lowest BCUT2D eigenvalue weighted by Crippen LogP contribution is -2.54. The van der Waals surface area contributed by atoms with Gasteiger partial charge < -0.3 is 14.6 Å². The number of hydrogen-bond donors (Lipinski definition) is 3. The van der Waals surface area contributed by atoms with Crippen LogP contribution >= 0.6 is 50.7 Å². The highest BCUT2D eigenvalue weighted by molar-refractivity contribution is 9.10. The highest BCUT2D eigenvalue weighted by atomic mass is 79.9. The van der Waals surface area contributed by atoms with E-state index in [9.17, 15) is 4.79 Å². The van der Waals surface area contributed by atoms with Gasteiger partial charge >= 0.3 is 0 Å². The Hall–Kier alpha value is -3.11. The van der Waals surface area contributed by atoms with Crippen molar-refractivity contribution in [3.8, 4) is 5.75 Å². The van der Waals surface area contributed by atoms with Crippen LogP contribution in [0.25, 0.3) is 0 Å². The molecule has 2 atom stereocenters. The first kappa shape index (κ1) is 33.3. The molecule has 7 nitrogen and oxygen atoms in total. The molecule has 5 rings (SSSR count). The molecule has 0 aliphatic carbocycles. The molecule has 11 heteroatoms. The van der Waals surface area contributed by atoms with Gasteiger partial charge in [0.05, 0.1) is 6.61 Å². The number of ether oxygens (including phenoxy) is 2. The second kappa shape index (κ2) is 15.5. The number of amides is 1. The van der Waals surface area contributed by atoms with Gasteiger partial charge in [0.1, 0.15) is 5.75 Å². The number of halogens is 4. The molecule has 1 heterocycles. The quantitative estimate of drug-likeness (QED) is 0.0978. The lowest BCUT2D eigenvalue weighted by Gasteiger charge is -2.31. The Morgan fingerprint density at radius 3 is 2.31 bits per heavy atom. The van der Waals surface area contributed by atoms with Gasteiger partial charge in [-0.2, -0.15) is 0 Å². The summed E-state index contributed by atoms with van der Waals surface area (Å²) in [6, 6.07) is 27.7. The Kier molecular flexibility index (Phi) is 11.4. The van der Waals surface area contributed by atoms with Crippen molar-refractivity contribution in [2.45, 2.75) is 30.9 Å². The number of benzene rings is 4. The Balaban J connectivity index is 1.49. The average Bonchev–Trinajstić information content (AvgIpc) is 3.41. The molecule has 0 saturated heterocycles. The fraction of sp³-hybridized carbons (Fsp3) is 0.235. The molecule has 3 N–H and O–H groups in total. The van der Waals surface area contributed by atoms with Crippen LogP contribution in [0.4, 0.5) is 0 Å². The van der Waals surface area contributed by atoms with Crippen LogP contribution < -0.4 is 15.6 Å². The van der Waals surface area contributed by atoms with Gasteiger partial charge in [-0.05, 0) is 78.2 Å². The van der Waals surface area contributed by atoms with Crippen LogP contribution in [0.3, 0.4) is 0 Å². The Morgan fingerprint density at radius 1 is 0.933 bits per heavy atom. The minimum absolute atomic E-state index is 0.0515. The van der Waals surface area contributed by atoms with Crippen molar-refractivity contribution in [3.05, 3.63) is 133 Å². The molecule has 1 amide bonds. The standard InChI is InChI=1S/C34H31BrCl3N3O4/c35-25-8-2-23(3-9-25)21-34(33(43)41-39-17-16-22-4-10-26(36)11-5-22)31(29-15-12-27(37)20-30(29)38)45-32(40-34)24-6-13-28(14-7-24)44-19-1-18-42/h2-15,20,31,39,42H,1,16-19,21H2,(H,41,43)/t31-,34-/m0/s1. The Bertz CT molecular complexity index is 1640. The first-order chi connectivity index (χ1) is 21.8. The lowest BCUT2D eigenvalue weighted by atomic mass is 9.82. The van der Waals surface area contributed by atoms with E-state index in [2.05, 4.69) is 26.8 Å². The van der Waals surface area contributed by atoms with Gasteiger partial charge in [0, 0.05) is 56.7 Å². The van der Waals surface area contributed by atoms with Crippen LogP contribution in [-0.4, -0.2) is 42.2 Å². The number of carbonyl (C=O) groups is 1. The molecule has 0 spiro atoms. The van der Waals surface area contributed by atoms with E-state index in [0.29, 0.717) is 63.8 Å². The molecular formula is C34H31BrCl3N3O4. The maximum absolute atomic E-state index is 14.3. The van der Waals surface area contributed by atoms with Crippen molar-refractivity contribution < 1.29 is 19.4 Å². The SMILES string of the molecule is O=C(NNCCc1ccc(Cl)cc1)[C@@]1(Cc2ccc(Br)cc2)N=C(c2ccc(OCCCO)cc2)O[C@H]1c1ccc(Cl)cc1Cl. The fourth-order valence-corrected chi connectivity index (χ4v) is 5.89. The van der Waals surface area contributed by atoms with Gasteiger partial charge in [0.2, 0.25) is 5.90 Å². The van der Waals surface area contributed by atoms with Crippen LogP contribution in [0.1, 0.15) is 34.8 Å². The zero-order valence-electron chi connectivity index (χ0n) is 24.1. The van der Waals surface area contributed by atoms with Gasteiger partial charge in [-0.15, -0.1) is 0 Å². The van der Waals surface area contributed by atoms with Crippen LogP contribution in [-0.2, 0) is 22.4 Å². The zero-order valence-corrected chi connectivity index (χ0v) is 28.0. The van der Waals surface area contributed by atoms with Gasteiger partial charge in [-0.3, -0.25) is 10.2 Å². The number of aliphatic hydroxyl groups is 1. The summed E-state index contributed by atoms with van der Waals surface area (Å²) in [6.45, 7) is 0.922. The summed E-state index contributed by atoms with van der Waals surface area (Å²) >= 11 is 22.5. The number of carbonyl (C=O) groups excluding carboxylic acids is 1. The number of aliphatic hydroxyl groups excluding tert-OH is 1. The number of nitrogens with one attached hydrogen (secondary N) is 2. The first-order valence-corrected chi connectivity index (χ1v) is 16.3. The smallest absolute Gasteiger partial charge is 0.266 e. The van der Waals surface area contributed by atoms with Crippen LogP contribution in [0.2, 0.25) is 15.1 Å².